The molecule has 10 nitrogen and oxygen atoms in total. The van der Waals surface area contributed by atoms with Crippen LogP contribution in [0.1, 0.15) is 31.2 Å². The number of aliphatic hydroxyl groups excluding tert-OH is 1. The van der Waals surface area contributed by atoms with Crippen LogP contribution in [0, 0.1) is 0 Å². The Hall–Kier alpha value is -3.09. The van der Waals surface area contributed by atoms with Gasteiger partial charge in [0.05, 0.1) is 17.7 Å². The van der Waals surface area contributed by atoms with Gasteiger partial charge in [-0.15, -0.1) is 0 Å². The van der Waals surface area contributed by atoms with Gasteiger partial charge in [0.15, 0.2) is 0 Å². The summed E-state index contributed by atoms with van der Waals surface area (Å²) >= 11 is 6.33. The number of likely N-dealkylation sites (tertiary alicyclic amines) is 1. The van der Waals surface area contributed by atoms with E-state index in [1.54, 1.807) is 36.9 Å². The summed E-state index contributed by atoms with van der Waals surface area (Å²) in [5.41, 5.74) is 2.01. The third-order valence-corrected chi connectivity index (χ3v) is 10.6. The lowest BCUT2D eigenvalue weighted by Gasteiger charge is -2.43. The van der Waals surface area contributed by atoms with Crippen molar-refractivity contribution in [2.45, 2.75) is 54.8 Å². The molecule has 0 aliphatic carbocycles. The van der Waals surface area contributed by atoms with E-state index >= 15 is 0 Å². The fourth-order valence-electron chi connectivity index (χ4n) is 6.01. The molecule has 1 aromatic carbocycles. The molecule has 3 aliphatic rings. The first-order chi connectivity index (χ1) is 19.7. The first-order valence-electron chi connectivity index (χ1n) is 13.7. The molecule has 2 atom stereocenters. The molecule has 0 unspecified atom stereocenters. The van der Waals surface area contributed by atoms with Crippen molar-refractivity contribution in [1.29, 1.82) is 0 Å². The second-order valence-electron chi connectivity index (χ2n) is 11.0. The second kappa shape index (κ2) is 11.3. The molecule has 0 bridgehead atoms. The molecule has 12 heteroatoms. The minimum atomic E-state index is -4.14. The number of fused-ring (bicyclic) bond motifs is 2. The number of ether oxygens (including phenoxy) is 1. The summed E-state index contributed by atoms with van der Waals surface area (Å²) in [7, 11) is -4.14. The number of carbonyl (C=O) groups is 1. The third-order valence-electron chi connectivity index (χ3n) is 8.35. The molecule has 41 heavy (non-hydrogen) atoms. The lowest BCUT2D eigenvalue weighted by Crippen LogP contribution is -2.59. The number of hydrogen-bond acceptors (Lipinski definition) is 8. The van der Waals surface area contributed by atoms with Crippen molar-refractivity contribution in [2.75, 3.05) is 26.2 Å². The molecule has 1 amide bonds. The predicted octanol–water partition coefficient (Wildman–Crippen LogP) is 2.85. The fourth-order valence-corrected chi connectivity index (χ4v) is 7.94. The number of benzene rings is 1. The summed E-state index contributed by atoms with van der Waals surface area (Å²) < 4.78 is 35.2. The van der Waals surface area contributed by atoms with E-state index in [1.165, 1.54) is 6.07 Å². The second-order valence-corrected chi connectivity index (χ2v) is 13.3. The number of pyridine rings is 2. The maximum Gasteiger partial charge on any atom is 0.247 e. The molecule has 2 N–H and O–H groups in total. The number of aromatic nitrogens is 2. The average Bonchev–Trinajstić information content (AvgIpc) is 3.38. The van der Waals surface area contributed by atoms with Crippen molar-refractivity contribution in [3.05, 3.63) is 71.8 Å². The molecule has 3 aromatic rings. The number of aliphatic hydroxyl groups is 1. The number of halogens is 1. The number of amides is 1. The van der Waals surface area contributed by atoms with E-state index in [4.69, 9.17) is 16.3 Å². The van der Waals surface area contributed by atoms with Crippen LogP contribution in [-0.4, -0.2) is 82.5 Å². The van der Waals surface area contributed by atoms with E-state index < -0.39 is 27.7 Å². The van der Waals surface area contributed by atoms with Crippen molar-refractivity contribution in [3.63, 3.8) is 0 Å². The molecule has 216 valence electrons. The van der Waals surface area contributed by atoms with Crippen LogP contribution in [0.2, 0.25) is 5.02 Å². The average molecular weight is 598 g/mol. The molecular weight excluding hydrogens is 566 g/mol. The Morgan fingerprint density at radius 3 is 2.63 bits per heavy atom. The van der Waals surface area contributed by atoms with Gasteiger partial charge in [-0.1, -0.05) is 23.7 Å². The van der Waals surface area contributed by atoms with Crippen molar-refractivity contribution < 1.29 is 23.1 Å². The number of piperidine rings is 1. The van der Waals surface area contributed by atoms with Gasteiger partial charge >= 0.3 is 0 Å². The van der Waals surface area contributed by atoms with Crippen LogP contribution in [0.25, 0.3) is 11.1 Å². The van der Waals surface area contributed by atoms with E-state index in [0.29, 0.717) is 30.8 Å². The maximum atomic E-state index is 13.9. The van der Waals surface area contributed by atoms with E-state index in [1.807, 2.05) is 18.2 Å². The Morgan fingerprint density at radius 2 is 1.88 bits per heavy atom. The minimum Gasteiger partial charge on any atom is -0.492 e. The van der Waals surface area contributed by atoms with Crippen molar-refractivity contribution >= 4 is 27.5 Å². The number of nitrogens with zero attached hydrogens (tertiary/aromatic N) is 4. The van der Waals surface area contributed by atoms with Gasteiger partial charge in [-0.3, -0.25) is 19.7 Å². The highest BCUT2D eigenvalue weighted by Gasteiger charge is 2.47. The van der Waals surface area contributed by atoms with Gasteiger partial charge < -0.3 is 15.2 Å². The summed E-state index contributed by atoms with van der Waals surface area (Å²) in [5.74, 6) is -0.160. The SMILES string of the molecule is O=C1NC2(CCOc3cc(-c4cccnc4)ccc3S(=O)(=O)N3C[C@H](O)C[C@@H]13)CCN(Cc1ccncc1Cl)CC2. The van der Waals surface area contributed by atoms with Gasteiger partial charge in [0, 0.05) is 74.9 Å². The molecule has 3 aliphatic heterocycles. The first kappa shape index (κ1) is 28.0. The molecule has 2 aromatic heterocycles. The maximum absolute atomic E-state index is 13.9. The lowest BCUT2D eigenvalue weighted by molar-refractivity contribution is -0.127. The number of nitrogens with one attached hydrogen (secondary N) is 1. The first-order valence-corrected chi connectivity index (χ1v) is 15.6. The molecule has 2 fully saturated rings. The van der Waals surface area contributed by atoms with Crippen LogP contribution in [0.4, 0.5) is 0 Å². The van der Waals surface area contributed by atoms with Crippen LogP contribution >= 0.6 is 11.6 Å². The summed E-state index contributed by atoms with van der Waals surface area (Å²) in [6.07, 6.45) is 7.68. The Labute approximate surface area is 244 Å². The predicted molar refractivity (Wildman–Crippen MR) is 153 cm³/mol. The van der Waals surface area contributed by atoms with E-state index in [2.05, 4.69) is 20.2 Å². The van der Waals surface area contributed by atoms with Gasteiger partial charge in [-0.2, -0.15) is 4.31 Å². The van der Waals surface area contributed by atoms with Crippen LogP contribution < -0.4 is 10.1 Å². The van der Waals surface area contributed by atoms with Crippen LogP contribution in [0.15, 0.2) is 66.1 Å². The van der Waals surface area contributed by atoms with Gasteiger partial charge in [-0.25, -0.2) is 8.42 Å². The summed E-state index contributed by atoms with van der Waals surface area (Å²) in [6, 6.07) is 9.55. The highest BCUT2D eigenvalue weighted by molar-refractivity contribution is 7.89. The highest BCUT2D eigenvalue weighted by atomic mass is 35.5. The molecule has 2 saturated heterocycles. The third kappa shape index (κ3) is 5.69. The van der Waals surface area contributed by atoms with Crippen molar-refractivity contribution in [2.24, 2.45) is 0 Å². The molecule has 0 saturated carbocycles. The fraction of sp³-hybridized carbons (Fsp3) is 0.414. The van der Waals surface area contributed by atoms with E-state index in [-0.39, 0.29) is 36.1 Å². The van der Waals surface area contributed by atoms with E-state index in [9.17, 15) is 18.3 Å². The topological polar surface area (TPSA) is 125 Å². The Balaban J connectivity index is 1.30. The summed E-state index contributed by atoms with van der Waals surface area (Å²) in [4.78, 5) is 24.2. The number of sulfonamides is 1. The van der Waals surface area contributed by atoms with Gasteiger partial charge in [0.25, 0.3) is 0 Å². The van der Waals surface area contributed by atoms with E-state index in [0.717, 1.165) is 34.1 Å². The largest absolute Gasteiger partial charge is 0.492 e. The zero-order chi connectivity index (χ0) is 28.6. The van der Waals surface area contributed by atoms with Crippen LogP contribution in [0.3, 0.4) is 0 Å². The normalized spacial score (nSPS) is 24.5. The number of rotatable bonds is 3. The van der Waals surface area contributed by atoms with Gasteiger partial charge in [0.1, 0.15) is 16.7 Å². The number of carbonyl (C=O) groups excluding carboxylic acids is 1. The Bertz CT molecular complexity index is 1530. The molecule has 0 radical (unpaired) electrons. The van der Waals surface area contributed by atoms with Gasteiger partial charge in [-0.05, 0) is 48.2 Å². The smallest absolute Gasteiger partial charge is 0.247 e. The Morgan fingerprint density at radius 1 is 1.07 bits per heavy atom. The standard InChI is InChI=1S/C29H32ClN5O5S/c30-24-17-32-10-5-22(24)18-34-11-6-29(7-12-34)8-13-40-26-14-20(21-2-1-9-31-16-21)3-4-27(26)41(38,39)35-19-23(36)15-25(35)28(37)33-29/h1-5,9-10,14,16-17,23,25,36H,6-8,11-13,15,18-19H2,(H,33,37)/t23-,25+/m1/s1. The summed E-state index contributed by atoms with van der Waals surface area (Å²) in [5, 5.41) is 14.3. The lowest BCUT2D eigenvalue weighted by atomic mass is 9.84. The van der Waals surface area contributed by atoms with Crippen molar-refractivity contribution in [1.82, 2.24) is 24.5 Å². The molecular formula is C29H32ClN5O5S. The zero-order valence-electron chi connectivity index (χ0n) is 22.4. The molecule has 1 spiro atoms. The number of hydrogen-bond donors (Lipinski definition) is 2. The zero-order valence-corrected chi connectivity index (χ0v) is 24.0. The Kier molecular flexibility index (Phi) is 7.73. The van der Waals surface area contributed by atoms with Crippen molar-refractivity contribution in [3.8, 4) is 16.9 Å². The molecule has 6 rings (SSSR count). The van der Waals surface area contributed by atoms with Gasteiger partial charge in [0.2, 0.25) is 15.9 Å². The highest BCUT2D eigenvalue weighted by Crippen LogP contribution is 2.37. The monoisotopic (exact) mass is 597 g/mol. The quantitative estimate of drug-likeness (QED) is 0.472. The summed E-state index contributed by atoms with van der Waals surface area (Å²) in [6.45, 7) is 2.18. The minimum absolute atomic E-state index is 0.0166. The molecule has 5 heterocycles. The van der Waals surface area contributed by atoms with Crippen LogP contribution in [0.5, 0.6) is 5.75 Å². The van der Waals surface area contributed by atoms with Crippen LogP contribution in [-0.2, 0) is 21.4 Å².